The lowest BCUT2D eigenvalue weighted by Crippen LogP contribution is -2.54. The van der Waals surface area contributed by atoms with Crippen molar-refractivity contribution in [3.8, 4) is 5.75 Å². The number of nitrogens with one attached hydrogen (secondary N) is 2. The molecule has 0 aliphatic carbocycles. The summed E-state index contributed by atoms with van der Waals surface area (Å²) in [6.07, 6.45) is 1.27. The minimum absolute atomic E-state index is 0.0368. The molecule has 0 saturated carbocycles. The molecule has 1 fully saturated rings. The van der Waals surface area contributed by atoms with Crippen molar-refractivity contribution in [3.63, 3.8) is 0 Å². The molecule has 0 bridgehead atoms. The minimum Gasteiger partial charge on any atom is -0.497 e. The maximum absolute atomic E-state index is 13.0. The van der Waals surface area contributed by atoms with Gasteiger partial charge in [0.1, 0.15) is 11.8 Å². The monoisotopic (exact) mass is 451 g/mol. The van der Waals surface area contributed by atoms with Crippen LogP contribution in [-0.4, -0.2) is 55.4 Å². The standard InChI is InChI=1S/C26H33N3O4/c1-18(2)17-27-25(31)23(28-24(30)20-7-5-4-6-8-20)19-13-15-29(16-14-19)26(32)21-9-11-22(33-3)12-10-21/h4-12,18-19,23H,13-17H2,1-3H3,(H,27,31)(H,28,30). The van der Waals surface area contributed by atoms with Crippen LogP contribution in [0, 0.1) is 11.8 Å². The second kappa shape index (κ2) is 11.5. The SMILES string of the molecule is COc1ccc(C(=O)N2CCC(C(NC(=O)c3ccccc3)C(=O)NCC(C)C)CC2)cc1. The van der Waals surface area contributed by atoms with Gasteiger partial charge in [0.15, 0.2) is 0 Å². The molecule has 176 valence electrons. The summed E-state index contributed by atoms with van der Waals surface area (Å²) in [5, 5.41) is 5.91. The lowest BCUT2D eigenvalue weighted by atomic mass is 9.88. The fourth-order valence-corrected chi connectivity index (χ4v) is 3.98. The van der Waals surface area contributed by atoms with Gasteiger partial charge in [0.25, 0.3) is 11.8 Å². The Bertz CT molecular complexity index is 936. The van der Waals surface area contributed by atoms with Crippen LogP contribution in [0.4, 0.5) is 0 Å². The number of likely N-dealkylation sites (tertiary alicyclic amines) is 1. The third-order valence-electron chi connectivity index (χ3n) is 5.92. The number of ether oxygens (including phenoxy) is 1. The van der Waals surface area contributed by atoms with E-state index in [2.05, 4.69) is 10.6 Å². The number of nitrogens with zero attached hydrogens (tertiary/aromatic N) is 1. The Morgan fingerprint density at radius 1 is 0.970 bits per heavy atom. The Kier molecular flexibility index (Phi) is 8.46. The summed E-state index contributed by atoms with van der Waals surface area (Å²) in [7, 11) is 1.59. The van der Waals surface area contributed by atoms with E-state index in [1.54, 1.807) is 60.5 Å². The average Bonchev–Trinajstić information content (AvgIpc) is 2.86. The second-order valence-electron chi connectivity index (χ2n) is 8.81. The predicted molar refractivity (Wildman–Crippen MR) is 127 cm³/mol. The predicted octanol–water partition coefficient (Wildman–Crippen LogP) is 3.12. The molecule has 2 aromatic rings. The molecule has 0 aromatic heterocycles. The van der Waals surface area contributed by atoms with Crippen LogP contribution in [0.1, 0.15) is 47.4 Å². The lowest BCUT2D eigenvalue weighted by molar-refractivity contribution is -0.124. The molecule has 2 aromatic carbocycles. The van der Waals surface area contributed by atoms with Crippen LogP contribution in [0.5, 0.6) is 5.75 Å². The van der Waals surface area contributed by atoms with Crippen LogP contribution >= 0.6 is 0 Å². The Morgan fingerprint density at radius 2 is 1.61 bits per heavy atom. The van der Waals surface area contributed by atoms with E-state index in [4.69, 9.17) is 4.74 Å². The van der Waals surface area contributed by atoms with Crippen LogP contribution in [0.25, 0.3) is 0 Å². The van der Waals surface area contributed by atoms with Crippen LogP contribution in [0.2, 0.25) is 0 Å². The van der Waals surface area contributed by atoms with Gasteiger partial charge in [-0.2, -0.15) is 0 Å². The molecule has 3 rings (SSSR count). The van der Waals surface area contributed by atoms with Gasteiger partial charge in [0, 0.05) is 30.8 Å². The van der Waals surface area contributed by atoms with Gasteiger partial charge in [-0.3, -0.25) is 14.4 Å². The van der Waals surface area contributed by atoms with Crippen molar-refractivity contribution in [2.24, 2.45) is 11.8 Å². The normalized spacial score (nSPS) is 15.1. The summed E-state index contributed by atoms with van der Waals surface area (Å²) in [5.74, 6) is 0.484. The second-order valence-corrected chi connectivity index (χ2v) is 8.81. The number of hydrogen-bond acceptors (Lipinski definition) is 4. The topological polar surface area (TPSA) is 87.7 Å². The number of carbonyl (C=O) groups excluding carboxylic acids is 3. The summed E-state index contributed by atoms with van der Waals surface area (Å²) >= 11 is 0. The molecule has 1 heterocycles. The van der Waals surface area contributed by atoms with Crippen LogP contribution in [0.15, 0.2) is 54.6 Å². The Labute approximate surface area is 195 Å². The van der Waals surface area contributed by atoms with E-state index in [0.29, 0.717) is 55.3 Å². The van der Waals surface area contributed by atoms with E-state index in [0.717, 1.165) is 0 Å². The fraction of sp³-hybridized carbons (Fsp3) is 0.423. The molecule has 3 amide bonds. The van der Waals surface area contributed by atoms with Crippen LogP contribution in [-0.2, 0) is 4.79 Å². The first kappa shape index (κ1) is 24.3. The number of hydrogen-bond donors (Lipinski definition) is 2. The molecule has 1 saturated heterocycles. The largest absolute Gasteiger partial charge is 0.497 e. The molecule has 1 aliphatic heterocycles. The van der Waals surface area contributed by atoms with Gasteiger partial charge in [-0.15, -0.1) is 0 Å². The van der Waals surface area contributed by atoms with Gasteiger partial charge < -0.3 is 20.3 Å². The summed E-state index contributed by atoms with van der Waals surface area (Å²) in [4.78, 5) is 40.5. The van der Waals surface area contributed by atoms with E-state index in [1.807, 2.05) is 19.9 Å². The number of amides is 3. The van der Waals surface area contributed by atoms with E-state index < -0.39 is 6.04 Å². The molecule has 2 N–H and O–H groups in total. The Balaban J connectivity index is 1.66. The van der Waals surface area contributed by atoms with Crippen molar-refractivity contribution in [2.75, 3.05) is 26.7 Å². The zero-order valence-electron chi connectivity index (χ0n) is 19.5. The van der Waals surface area contributed by atoms with Gasteiger partial charge in [0.05, 0.1) is 7.11 Å². The minimum atomic E-state index is -0.644. The summed E-state index contributed by atoms with van der Waals surface area (Å²) in [6, 6.07) is 15.3. The quantitative estimate of drug-likeness (QED) is 0.646. The first-order valence-electron chi connectivity index (χ1n) is 11.5. The first-order chi connectivity index (χ1) is 15.9. The maximum Gasteiger partial charge on any atom is 0.253 e. The van der Waals surface area contributed by atoms with E-state index in [-0.39, 0.29) is 23.6 Å². The number of rotatable bonds is 8. The molecule has 33 heavy (non-hydrogen) atoms. The van der Waals surface area contributed by atoms with E-state index >= 15 is 0 Å². The molecular formula is C26H33N3O4. The highest BCUT2D eigenvalue weighted by atomic mass is 16.5. The number of methoxy groups -OCH3 is 1. The van der Waals surface area contributed by atoms with E-state index in [9.17, 15) is 14.4 Å². The van der Waals surface area contributed by atoms with E-state index in [1.165, 1.54) is 0 Å². The van der Waals surface area contributed by atoms with Crippen molar-refractivity contribution in [2.45, 2.75) is 32.7 Å². The van der Waals surface area contributed by atoms with Gasteiger partial charge in [0.2, 0.25) is 5.91 Å². The van der Waals surface area contributed by atoms with Crippen molar-refractivity contribution >= 4 is 17.7 Å². The van der Waals surface area contributed by atoms with Crippen LogP contribution < -0.4 is 15.4 Å². The van der Waals surface area contributed by atoms with Gasteiger partial charge >= 0.3 is 0 Å². The van der Waals surface area contributed by atoms with Gasteiger partial charge in [-0.1, -0.05) is 32.0 Å². The van der Waals surface area contributed by atoms with Gasteiger partial charge in [-0.05, 0) is 61.1 Å². The number of carbonyl (C=O) groups is 3. The molecule has 1 unspecified atom stereocenters. The first-order valence-corrected chi connectivity index (χ1v) is 11.5. The van der Waals surface area contributed by atoms with Crippen molar-refractivity contribution < 1.29 is 19.1 Å². The summed E-state index contributed by atoms with van der Waals surface area (Å²) in [5.41, 5.74) is 1.13. The number of piperidine rings is 1. The maximum atomic E-state index is 13.0. The Morgan fingerprint density at radius 3 is 2.18 bits per heavy atom. The molecule has 0 radical (unpaired) electrons. The van der Waals surface area contributed by atoms with Crippen molar-refractivity contribution in [3.05, 3.63) is 65.7 Å². The Hall–Kier alpha value is -3.35. The van der Waals surface area contributed by atoms with Gasteiger partial charge in [-0.25, -0.2) is 0 Å². The highest BCUT2D eigenvalue weighted by Gasteiger charge is 2.34. The highest BCUT2D eigenvalue weighted by Crippen LogP contribution is 2.23. The zero-order valence-corrected chi connectivity index (χ0v) is 19.5. The van der Waals surface area contributed by atoms with Crippen molar-refractivity contribution in [1.82, 2.24) is 15.5 Å². The van der Waals surface area contributed by atoms with Crippen molar-refractivity contribution in [1.29, 1.82) is 0 Å². The molecule has 7 nitrogen and oxygen atoms in total. The third kappa shape index (κ3) is 6.57. The molecular weight excluding hydrogens is 418 g/mol. The lowest BCUT2D eigenvalue weighted by Gasteiger charge is -2.36. The summed E-state index contributed by atoms with van der Waals surface area (Å²) < 4.78 is 5.16. The third-order valence-corrected chi connectivity index (χ3v) is 5.92. The van der Waals surface area contributed by atoms with Crippen LogP contribution in [0.3, 0.4) is 0 Å². The molecule has 7 heteroatoms. The zero-order chi connectivity index (χ0) is 23.8. The summed E-state index contributed by atoms with van der Waals surface area (Å²) in [6.45, 7) is 5.67. The fourth-order valence-electron chi connectivity index (χ4n) is 3.98. The molecule has 1 aliphatic rings. The average molecular weight is 452 g/mol. The smallest absolute Gasteiger partial charge is 0.253 e. The number of benzene rings is 2. The molecule has 1 atom stereocenters. The highest BCUT2D eigenvalue weighted by molar-refractivity contribution is 5.97. The molecule has 0 spiro atoms.